The minimum absolute atomic E-state index is 0.0193. The molecule has 0 fully saturated rings. The van der Waals surface area contributed by atoms with E-state index in [9.17, 15) is 13.2 Å². The average molecular weight is 236 g/mol. The first-order chi connectivity index (χ1) is 7.43. The molecule has 6 heteroatoms. The van der Waals surface area contributed by atoms with E-state index in [-0.39, 0.29) is 17.2 Å². The number of benzene rings is 1. The Labute approximate surface area is 90.7 Å². The molecule has 0 atom stereocenters. The van der Waals surface area contributed by atoms with E-state index in [4.69, 9.17) is 14.2 Å². The molecule has 16 heavy (non-hydrogen) atoms. The normalized spacial score (nSPS) is 11.1. The van der Waals surface area contributed by atoms with Gasteiger partial charge in [-0.3, -0.25) is 0 Å². The summed E-state index contributed by atoms with van der Waals surface area (Å²) in [6.07, 6.45) is -4.45. The lowest BCUT2D eigenvalue weighted by Crippen LogP contribution is -2.06. The SMILES string of the molecule is COc1cc(C(F)(F)F)cc(OC)c1OC. The van der Waals surface area contributed by atoms with Gasteiger partial charge in [0.25, 0.3) is 0 Å². The van der Waals surface area contributed by atoms with Crippen LogP contribution in [0.5, 0.6) is 17.2 Å². The first-order valence-electron chi connectivity index (χ1n) is 4.31. The lowest BCUT2D eigenvalue weighted by atomic mass is 10.1. The molecule has 0 aliphatic carbocycles. The highest BCUT2D eigenvalue weighted by atomic mass is 19.4. The van der Waals surface area contributed by atoms with Gasteiger partial charge in [0, 0.05) is 0 Å². The molecular formula is C10H11F3O3. The Kier molecular flexibility index (Phi) is 3.51. The number of hydrogen-bond acceptors (Lipinski definition) is 3. The second-order valence-electron chi connectivity index (χ2n) is 2.91. The molecule has 0 spiro atoms. The Morgan fingerprint density at radius 1 is 0.875 bits per heavy atom. The molecule has 0 N–H and O–H groups in total. The zero-order valence-electron chi connectivity index (χ0n) is 9.01. The van der Waals surface area contributed by atoms with Crippen LogP contribution in [0.15, 0.2) is 12.1 Å². The molecule has 1 aromatic rings. The van der Waals surface area contributed by atoms with Gasteiger partial charge in [0.05, 0.1) is 26.9 Å². The van der Waals surface area contributed by atoms with Crippen molar-refractivity contribution < 1.29 is 27.4 Å². The summed E-state index contributed by atoms with van der Waals surface area (Å²) in [6, 6.07) is 1.72. The highest BCUT2D eigenvalue weighted by Gasteiger charge is 2.33. The predicted molar refractivity (Wildman–Crippen MR) is 51.1 cm³/mol. The lowest BCUT2D eigenvalue weighted by molar-refractivity contribution is -0.137. The molecule has 0 bridgehead atoms. The maximum absolute atomic E-state index is 12.5. The first kappa shape index (κ1) is 12.5. The molecule has 3 nitrogen and oxygen atoms in total. The minimum atomic E-state index is -4.45. The van der Waals surface area contributed by atoms with Crippen molar-refractivity contribution in [2.45, 2.75) is 6.18 Å². The number of hydrogen-bond donors (Lipinski definition) is 0. The maximum Gasteiger partial charge on any atom is 0.416 e. The third-order valence-corrected chi connectivity index (χ3v) is 1.99. The van der Waals surface area contributed by atoms with Gasteiger partial charge in [0.2, 0.25) is 5.75 Å². The van der Waals surface area contributed by atoms with E-state index in [1.807, 2.05) is 0 Å². The quantitative estimate of drug-likeness (QED) is 0.807. The van der Waals surface area contributed by atoms with Gasteiger partial charge in [-0.1, -0.05) is 0 Å². The summed E-state index contributed by atoms with van der Waals surface area (Å²) in [5.74, 6) is 0.0985. The van der Waals surface area contributed by atoms with Crippen LogP contribution in [0.25, 0.3) is 0 Å². The number of halogens is 3. The monoisotopic (exact) mass is 236 g/mol. The summed E-state index contributed by atoms with van der Waals surface area (Å²) in [5.41, 5.74) is -0.845. The van der Waals surface area contributed by atoms with Crippen molar-refractivity contribution in [2.75, 3.05) is 21.3 Å². The fourth-order valence-electron chi connectivity index (χ4n) is 1.24. The number of methoxy groups -OCH3 is 3. The summed E-state index contributed by atoms with van der Waals surface area (Å²) in [5, 5.41) is 0. The summed E-state index contributed by atoms with van der Waals surface area (Å²) in [7, 11) is 3.85. The molecule has 90 valence electrons. The standard InChI is InChI=1S/C10H11F3O3/c1-14-7-4-6(10(11,12)13)5-8(15-2)9(7)16-3/h4-5H,1-3H3. The van der Waals surface area contributed by atoms with Gasteiger partial charge in [-0.2, -0.15) is 13.2 Å². The molecule has 0 saturated heterocycles. The lowest BCUT2D eigenvalue weighted by Gasteiger charge is -2.15. The first-order valence-corrected chi connectivity index (χ1v) is 4.31. The maximum atomic E-state index is 12.5. The number of alkyl halides is 3. The number of ether oxygens (including phenoxy) is 3. The second-order valence-corrected chi connectivity index (χ2v) is 2.91. The molecule has 1 aromatic carbocycles. The average Bonchev–Trinajstić information content (AvgIpc) is 2.25. The third kappa shape index (κ3) is 2.32. The van der Waals surface area contributed by atoms with Gasteiger partial charge in [-0.05, 0) is 12.1 Å². The molecule has 0 radical (unpaired) electrons. The van der Waals surface area contributed by atoms with Crippen LogP contribution in [0.3, 0.4) is 0 Å². The van der Waals surface area contributed by atoms with Crippen molar-refractivity contribution in [3.05, 3.63) is 17.7 Å². The second kappa shape index (κ2) is 4.51. The zero-order valence-corrected chi connectivity index (χ0v) is 9.01. The van der Waals surface area contributed by atoms with E-state index in [0.717, 1.165) is 12.1 Å². The molecule has 1 rings (SSSR count). The van der Waals surface area contributed by atoms with E-state index >= 15 is 0 Å². The topological polar surface area (TPSA) is 27.7 Å². The van der Waals surface area contributed by atoms with Crippen molar-refractivity contribution in [1.29, 1.82) is 0 Å². The van der Waals surface area contributed by atoms with Gasteiger partial charge in [-0.15, -0.1) is 0 Å². The van der Waals surface area contributed by atoms with Crippen molar-refractivity contribution in [2.24, 2.45) is 0 Å². The van der Waals surface area contributed by atoms with Crippen molar-refractivity contribution in [3.63, 3.8) is 0 Å². The Hall–Kier alpha value is -1.59. The smallest absolute Gasteiger partial charge is 0.416 e. The predicted octanol–water partition coefficient (Wildman–Crippen LogP) is 2.73. The van der Waals surface area contributed by atoms with Gasteiger partial charge in [-0.25, -0.2) is 0 Å². The Morgan fingerprint density at radius 3 is 1.56 bits per heavy atom. The molecule has 0 aliphatic heterocycles. The fourth-order valence-corrected chi connectivity index (χ4v) is 1.24. The van der Waals surface area contributed by atoms with Crippen LogP contribution in [0.2, 0.25) is 0 Å². The van der Waals surface area contributed by atoms with E-state index in [1.165, 1.54) is 21.3 Å². The fraction of sp³-hybridized carbons (Fsp3) is 0.400. The van der Waals surface area contributed by atoms with Crippen LogP contribution in [-0.4, -0.2) is 21.3 Å². The Morgan fingerprint density at radius 2 is 1.31 bits per heavy atom. The van der Waals surface area contributed by atoms with E-state index in [0.29, 0.717) is 0 Å². The van der Waals surface area contributed by atoms with Crippen LogP contribution >= 0.6 is 0 Å². The van der Waals surface area contributed by atoms with Gasteiger partial charge in [0.1, 0.15) is 0 Å². The summed E-state index contributed by atoms with van der Waals surface area (Å²) in [6.45, 7) is 0. The van der Waals surface area contributed by atoms with Gasteiger partial charge >= 0.3 is 6.18 Å². The van der Waals surface area contributed by atoms with Crippen molar-refractivity contribution in [3.8, 4) is 17.2 Å². The highest BCUT2D eigenvalue weighted by Crippen LogP contribution is 2.42. The van der Waals surface area contributed by atoms with Crippen LogP contribution in [0, 0.1) is 0 Å². The summed E-state index contributed by atoms with van der Waals surface area (Å²) >= 11 is 0. The summed E-state index contributed by atoms with van der Waals surface area (Å²) in [4.78, 5) is 0. The van der Waals surface area contributed by atoms with Crippen LogP contribution < -0.4 is 14.2 Å². The molecule has 0 aliphatic rings. The van der Waals surface area contributed by atoms with Crippen molar-refractivity contribution >= 4 is 0 Å². The largest absolute Gasteiger partial charge is 0.493 e. The third-order valence-electron chi connectivity index (χ3n) is 1.99. The summed E-state index contributed by atoms with van der Waals surface area (Å²) < 4.78 is 52.0. The molecule has 0 saturated carbocycles. The van der Waals surface area contributed by atoms with E-state index in [1.54, 1.807) is 0 Å². The molecular weight excluding hydrogens is 225 g/mol. The molecule has 0 unspecified atom stereocenters. The number of rotatable bonds is 3. The van der Waals surface area contributed by atoms with Crippen LogP contribution in [0.1, 0.15) is 5.56 Å². The van der Waals surface area contributed by atoms with Crippen LogP contribution in [0.4, 0.5) is 13.2 Å². The van der Waals surface area contributed by atoms with E-state index < -0.39 is 11.7 Å². The Bertz CT molecular complexity index is 349. The van der Waals surface area contributed by atoms with Gasteiger partial charge < -0.3 is 14.2 Å². The Balaban J connectivity index is 3.37. The van der Waals surface area contributed by atoms with Crippen molar-refractivity contribution in [1.82, 2.24) is 0 Å². The molecule has 0 heterocycles. The highest BCUT2D eigenvalue weighted by molar-refractivity contribution is 5.54. The van der Waals surface area contributed by atoms with E-state index in [2.05, 4.69) is 0 Å². The molecule has 0 amide bonds. The zero-order chi connectivity index (χ0) is 12.3. The molecule has 0 aromatic heterocycles. The van der Waals surface area contributed by atoms with Gasteiger partial charge in [0.15, 0.2) is 11.5 Å². The van der Waals surface area contributed by atoms with Crippen LogP contribution in [-0.2, 0) is 6.18 Å². The minimum Gasteiger partial charge on any atom is -0.493 e.